The highest BCUT2D eigenvalue weighted by Crippen LogP contribution is 2.20. The van der Waals surface area contributed by atoms with Crippen molar-refractivity contribution in [1.82, 2.24) is 4.98 Å². The van der Waals surface area contributed by atoms with Crippen LogP contribution in [0.4, 0.5) is 0 Å². The number of carboxylic acid groups (broad SMARTS) is 1. The predicted molar refractivity (Wildman–Crippen MR) is 58.2 cm³/mol. The molecule has 82 valence electrons. The number of hydrogen-bond acceptors (Lipinski definition) is 1. The summed E-state index contributed by atoms with van der Waals surface area (Å²) in [6.45, 7) is 0. The molecule has 1 aliphatic rings. The van der Waals surface area contributed by atoms with Gasteiger partial charge in [-0.2, -0.15) is 0 Å². The molecule has 0 bridgehead atoms. The van der Waals surface area contributed by atoms with Crippen molar-refractivity contribution in [1.29, 1.82) is 0 Å². The van der Waals surface area contributed by atoms with E-state index in [1.54, 1.807) is 0 Å². The van der Waals surface area contributed by atoms with Gasteiger partial charge in [-0.3, -0.25) is 0 Å². The number of carboxylic acids is 1. The number of hydrogen-bond donors (Lipinski definition) is 2. The van der Waals surface area contributed by atoms with E-state index >= 15 is 0 Å². The van der Waals surface area contributed by atoms with Crippen LogP contribution in [0.15, 0.2) is 6.07 Å². The summed E-state index contributed by atoms with van der Waals surface area (Å²) in [4.78, 5) is 13.9. The van der Waals surface area contributed by atoms with Crippen LogP contribution in [0.3, 0.4) is 0 Å². The van der Waals surface area contributed by atoms with E-state index in [4.69, 9.17) is 5.11 Å². The second-order valence-corrected chi connectivity index (χ2v) is 4.26. The zero-order valence-corrected chi connectivity index (χ0v) is 8.88. The van der Waals surface area contributed by atoms with Gasteiger partial charge in [-0.25, -0.2) is 4.79 Å². The minimum atomic E-state index is -0.848. The van der Waals surface area contributed by atoms with Crippen LogP contribution in [0, 0.1) is 0 Å². The van der Waals surface area contributed by atoms with Crippen molar-refractivity contribution in [2.45, 2.75) is 44.9 Å². The van der Waals surface area contributed by atoms with Crippen molar-refractivity contribution in [3.63, 3.8) is 0 Å². The maximum atomic E-state index is 10.8. The normalized spacial score (nSPS) is 17.3. The average Bonchev–Trinajstić information content (AvgIpc) is 2.61. The van der Waals surface area contributed by atoms with Gasteiger partial charge in [0.25, 0.3) is 0 Å². The van der Waals surface area contributed by atoms with Crippen molar-refractivity contribution >= 4 is 5.97 Å². The van der Waals surface area contributed by atoms with E-state index in [9.17, 15) is 4.79 Å². The number of fused-ring (bicyclic) bond motifs is 1. The van der Waals surface area contributed by atoms with E-state index in [1.165, 1.54) is 37.7 Å². The lowest BCUT2D eigenvalue weighted by atomic mass is 10.1. The lowest BCUT2D eigenvalue weighted by Gasteiger charge is -1.99. The molecule has 0 radical (unpaired) electrons. The fraction of sp³-hybridized carbons (Fsp3) is 0.583. The molecule has 2 rings (SSSR count). The van der Waals surface area contributed by atoms with Crippen LogP contribution < -0.4 is 0 Å². The molecule has 0 unspecified atom stereocenters. The molecule has 0 saturated heterocycles. The number of aryl methyl sites for hydroxylation is 2. The lowest BCUT2D eigenvalue weighted by Crippen LogP contribution is -1.96. The number of aromatic carboxylic acids is 1. The number of aromatic nitrogens is 1. The zero-order chi connectivity index (χ0) is 10.7. The molecule has 1 aromatic rings. The Morgan fingerprint density at radius 1 is 1.13 bits per heavy atom. The van der Waals surface area contributed by atoms with Crippen LogP contribution >= 0.6 is 0 Å². The van der Waals surface area contributed by atoms with Gasteiger partial charge in [0.05, 0.1) is 0 Å². The van der Waals surface area contributed by atoms with Crippen molar-refractivity contribution in [3.05, 3.63) is 23.0 Å². The molecule has 3 nitrogen and oxygen atoms in total. The fourth-order valence-electron chi connectivity index (χ4n) is 2.25. The molecule has 0 aromatic carbocycles. The molecule has 0 amide bonds. The van der Waals surface area contributed by atoms with Crippen molar-refractivity contribution < 1.29 is 9.90 Å². The highest BCUT2D eigenvalue weighted by Gasteiger charge is 2.13. The Hall–Kier alpha value is -1.25. The Kier molecular flexibility index (Phi) is 3.09. The van der Waals surface area contributed by atoms with E-state index in [0.717, 1.165) is 18.5 Å². The number of rotatable bonds is 1. The van der Waals surface area contributed by atoms with Crippen molar-refractivity contribution in [2.24, 2.45) is 0 Å². The van der Waals surface area contributed by atoms with Gasteiger partial charge in [0.15, 0.2) is 0 Å². The molecule has 15 heavy (non-hydrogen) atoms. The largest absolute Gasteiger partial charge is 0.477 e. The van der Waals surface area contributed by atoms with Crippen molar-refractivity contribution in [2.75, 3.05) is 0 Å². The minimum Gasteiger partial charge on any atom is -0.477 e. The summed E-state index contributed by atoms with van der Waals surface area (Å²) in [5, 5.41) is 8.90. The molecule has 1 aliphatic carbocycles. The average molecular weight is 207 g/mol. The fourth-order valence-corrected chi connectivity index (χ4v) is 2.25. The standard InChI is InChI=1S/C12H17NO2/c14-12(15)11-8-9-6-4-2-1-3-5-7-10(9)13-11/h8,13H,1-7H2,(H,14,15). The van der Waals surface area contributed by atoms with Gasteiger partial charge >= 0.3 is 5.97 Å². The van der Waals surface area contributed by atoms with Gasteiger partial charge < -0.3 is 10.1 Å². The second-order valence-electron chi connectivity index (χ2n) is 4.26. The van der Waals surface area contributed by atoms with Crippen LogP contribution in [-0.4, -0.2) is 16.1 Å². The van der Waals surface area contributed by atoms with E-state index in [0.29, 0.717) is 5.69 Å². The molecule has 0 fully saturated rings. The maximum absolute atomic E-state index is 10.8. The van der Waals surface area contributed by atoms with Crippen LogP contribution in [-0.2, 0) is 12.8 Å². The summed E-state index contributed by atoms with van der Waals surface area (Å²) >= 11 is 0. The van der Waals surface area contributed by atoms with E-state index in [2.05, 4.69) is 4.98 Å². The third kappa shape index (κ3) is 2.41. The Morgan fingerprint density at radius 2 is 1.80 bits per heavy atom. The monoisotopic (exact) mass is 207 g/mol. The number of nitrogens with one attached hydrogen (secondary N) is 1. The van der Waals surface area contributed by atoms with Gasteiger partial charge in [-0.15, -0.1) is 0 Å². The zero-order valence-electron chi connectivity index (χ0n) is 8.88. The van der Waals surface area contributed by atoms with Gasteiger partial charge in [0.2, 0.25) is 0 Å². The topological polar surface area (TPSA) is 53.1 Å². The summed E-state index contributed by atoms with van der Waals surface area (Å²) < 4.78 is 0. The SMILES string of the molecule is O=C(O)c1cc2c([nH]1)CCCCCCC2. The molecule has 0 saturated carbocycles. The first-order valence-corrected chi connectivity index (χ1v) is 5.71. The Bertz CT molecular complexity index is 329. The summed E-state index contributed by atoms with van der Waals surface area (Å²) in [6.07, 6.45) is 8.24. The van der Waals surface area contributed by atoms with Crippen LogP contribution in [0.5, 0.6) is 0 Å². The highest BCUT2D eigenvalue weighted by molar-refractivity contribution is 5.86. The maximum Gasteiger partial charge on any atom is 0.352 e. The smallest absolute Gasteiger partial charge is 0.352 e. The third-order valence-corrected chi connectivity index (χ3v) is 3.10. The first-order chi connectivity index (χ1) is 7.27. The van der Waals surface area contributed by atoms with E-state index in [-0.39, 0.29) is 0 Å². The second kappa shape index (κ2) is 4.51. The molecule has 0 atom stereocenters. The highest BCUT2D eigenvalue weighted by atomic mass is 16.4. The van der Waals surface area contributed by atoms with E-state index < -0.39 is 5.97 Å². The van der Waals surface area contributed by atoms with Crippen LogP contribution in [0.1, 0.15) is 53.8 Å². The molecule has 0 spiro atoms. The number of aromatic amines is 1. The summed E-state index contributed by atoms with van der Waals surface area (Å²) in [5.41, 5.74) is 2.71. The van der Waals surface area contributed by atoms with Gasteiger partial charge in [0.1, 0.15) is 5.69 Å². The summed E-state index contributed by atoms with van der Waals surface area (Å²) in [6, 6.07) is 1.81. The van der Waals surface area contributed by atoms with Gasteiger partial charge in [-0.1, -0.05) is 19.3 Å². The van der Waals surface area contributed by atoms with Gasteiger partial charge in [-0.05, 0) is 37.3 Å². The third-order valence-electron chi connectivity index (χ3n) is 3.10. The van der Waals surface area contributed by atoms with Gasteiger partial charge in [0, 0.05) is 5.69 Å². The lowest BCUT2D eigenvalue weighted by molar-refractivity contribution is 0.0691. The predicted octanol–water partition coefficient (Wildman–Crippen LogP) is 2.76. The molecular formula is C12H17NO2. The Balaban J connectivity index is 2.21. The molecule has 0 aliphatic heterocycles. The molecule has 1 aromatic heterocycles. The number of carbonyl (C=O) groups is 1. The first-order valence-electron chi connectivity index (χ1n) is 5.71. The summed E-state index contributed by atoms with van der Waals surface area (Å²) in [5.74, 6) is -0.848. The first kappa shape index (κ1) is 10.3. The minimum absolute atomic E-state index is 0.348. The van der Waals surface area contributed by atoms with Crippen LogP contribution in [0.2, 0.25) is 0 Å². The van der Waals surface area contributed by atoms with Crippen molar-refractivity contribution in [3.8, 4) is 0 Å². The quantitative estimate of drug-likeness (QED) is 0.744. The Labute approximate surface area is 89.5 Å². The molecule has 2 N–H and O–H groups in total. The molecule has 1 heterocycles. The van der Waals surface area contributed by atoms with Crippen LogP contribution in [0.25, 0.3) is 0 Å². The van der Waals surface area contributed by atoms with E-state index in [1.807, 2.05) is 6.07 Å². The number of H-pyrrole nitrogens is 1. The Morgan fingerprint density at radius 3 is 2.53 bits per heavy atom. The molecule has 3 heteroatoms. The molecular weight excluding hydrogens is 190 g/mol. The summed E-state index contributed by atoms with van der Waals surface area (Å²) in [7, 11) is 0.